The summed E-state index contributed by atoms with van der Waals surface area (Å²) in [5.74, 6) is 0.498. The maximum absolute atomic E-state index is 11.0. The molecule has 0 aliphatic carbocycles. The highest BCUT2D eigenvalue weighted by atomic mass is 16.5. The highest BCUT2D eigenvalue weighted by Gasteiger charge is 2.11. The smallest absolute Gasteiger partial charge is 0.307 e. The van der Waals surface area contributed by atoms with Gasteiger partial charge >= 0.3 is 5.97 Å². The Morgan fingerprint density at radius 3 is 2.50 bits per heavy atom. The van der Waals surface area contributed by atoms with Crippen LogP contribution in [0.1, 0.15) is 24.9 Å². The van der Waals surface area contributed by atoms with Gasteiger partial charge in [-0.05, 0) is 24.6 Å². The van der Waals surface area contributed by atoms with Crippen LogP contribution in [-0.4, -0.2) is 19.7 Å². The number of hydrogen-bond acceptors (Lipinski definition) is 4. The van der Waals surface area contributed by atoms with Gasteiger partial charge in [0.05, 0.1) is 20.1 Å². The van der Waals surface area contributed by atoms with Crippen LogP contribution in [0.15, 0.2) is 24.3 Å². The van der Waals surface area contributed by atoms with Crippen molar-refractivity contribution < 1.29 is 14.3 Å². The maximum Gasteiger partial charge on any atom is 0.307 e. The van der Waals surface area contributed by atoms with Gasteiger partial charge in [-0.2, -0.15) is 0 Å². The Balaban J connectivity index is 2.62. The zero-order valence-corrected chi connectivity index (χ0v) is 9.60. The molecule has 1 rings (SSSR count). The molecule has 1 atom stereocenters. The zero-order valence-electron chi connectivity index (χ0n) is 9.60. The highest BCUT2D eigenvalue weighted by Crippen LogP contribution is 2.18. The molecule has 0 aliphatic heterocycles. The van der Waals surface area contributed by atoms with Crippen LogP contribution in [0.25, 0.3) is 0 Å². The van der Waals surface area contributed by atoms with Crippen molar-refractivity contribution in [2.24, 2.45) is 5.73 Å². The average Bonchev–Trinajstić information content (AvgIpc) is 2.30. The molecule has 0 amide bonds. The van der Waals surface area contributed by atoms with Gasteiger partial charge in [0.2, 0.25) is 0 Å². The molecule has 88 valence electrons. The van der Waals surface area contributed by atoms with Crippen LogP contribution in [0, 0.1) is 0 Å². The summed E-state index contributed by atoms with van der Waals surface area (Å²) in [4.78, 5) is 11.0. The van der Waals surface area contributed by atoms with Crippen molar-refractivity contribution in [3.8, 4) is 5.75 Å². The monoisotopic (exact) mass is 223 g/mol. The van der Waals surface area contributed by atoms with Gasteiger partial charge in [-0.15, -0.1) is 0 Å². The number of hydrogen-bond donors (Lipinski definition) is 1. The van der Waals surface area contributed by atoms with Crippen LogP contribution in [0.2, 0.25) is 0 Å². The van der Waals surface area contributed by atoms with E-state index in [-0.39, 0.29) is 18.4 Å². The second-order valence-corrected chi connectivity index (χ2v) is 3.39. The molecule has 0 radical (unpaired) electrons. The summed E-state index contributed by atoms with van der Waals surface area (Å²) in [5.41, 5.74) is 6.75. The van der Waals surface area contributed by atoms with E-state index in [0.717, 1.165) is 11.3 Å². The van der Waals surface area contributed by atoms with Gasteiger partial charge in [-0.1, -0.05) is 12.1 Å². The quantitative estimate of drug-likeness (QED) is 0.771. The van der Waals surface area contributed by atoms with Crippen molar-refractivity contribution in [1.82, 2.24) is 0 Å². The number of rotatable bonds is 5. The third-order valence-electron chi connectivity index (χ3n) is 2.23. The SMILES string of the molecule is CCOc1ccc(C(N)CC(=O)OC)cc1. The maximum atomic E-state index is 11.0. The van der Waals surface area contributed by atoms with E-state index < -0.39 is 0 Å². The van der Waals surface area contributed by atoms with Crippen LogP contribution in [0.3, 0.4) is 0 Å². The van der Waals surface area contributed by atoms with Crippen molar-refractivity contribution >= 4 is 5.97 Å². The number of ether oxygens (including phenoxy) is 2. The van der Waals surface area contributed by atoms with E-state index in [2.05, 4.69) is 4.74 Å². The molecule has 0 heterocycles. The van der Waals surface area contributed by atoms with Gasteiger partial charge in [0, 0.05) is 6.04 Å². The molecule has 0 bridgehead atoms. The van der Waals surface area contributed by atoms with Crippen molar-refractivity contribution in [1.29, 1.82) is 0 Å². The van der Waals surface area contributed by atoms with E-state index in [4.69, 9.17) is 10.5 Å². The molecule has 0 aromatic heterocycles. The summed E-state index contributed by atoms with van der Waals surface area (Å²) < 4.78 is 9.87. The fraction of sp³-hybridized carbons (Fsp3) is 0.417. The molecular formula is C12H17NO3. The second-order valence-electron chi connectivity index (χ2n) is 3.39. The van der Waals surface area contributed by atoms with Crippen molar-refractivity contribution in [3.05, 3.63) is 29.8 Å². The highest BCUT2D eigenvalue weighted by molar-refractivity contribution is 5.70. The van der Waals surface area contributed by atoms with E-state index in [1.165, 1.54) is 7.11 Å². The number of carbonyl (C=O) groups is 1. The topological polar surface area (TPSA) is 61.5 Å². The first-order valence-corrected chi connectivity index (χ1v) is 5.22. The summed E-state index contributed by atoms with van der Waals surface area (Å²) in [6.45, 7) is 2.56. The summed E-state index contributed by atoms with van der Waals surface area (Å²) >= 11 is 0. The molecule has 1 aromatic carbocycles. The van der Waals surface area contributed by atoms with E-state index in [9.17, 15) is 4.79 Å². The van der Waals surface area contributed by atoms with E-state index in [1.807, 2.05) is 31.2 Å². The Morgan fingerprint density at radius 2 is 2.00 bits per heavy atom. The molecule has 16 heavy (non-hydrogen) atoms. The number of methoxy groups -OCH3 is 1. The van der Waals surface area contributed by atoms with Gasteiger partial charge in [0.15, 0.2) is 0 Å². The molecule has 4 heteroatoms. The predicted molar refractivity (Wildman–Crippen MR) is 61.2 cm³/mol. The molecule has 0 aliphatic rings. The fourth-order valence-corrected chi connectivity index (χ4v) is 1.36. The molecule has 0 fully saturated rings. The molecule has 1 aromatic rings. The van der Waals surface area contributed by atoms with Crippen LogP contribution in [0.4, 0.5) is 0 Å². The third-order valence-corrected chi connectivity index (χ3v) is 2.23. The van der Waals surface area contributed by atoms with E-state index >= 15 is 0 Å². The number of benzene rings is 1. The fourth-order valence-electron chi connectivity index (χ4n) is 1.36. The molecule has 0 saturated carbocycles. The minimum atomic E-state index is -0.330. The Bertz CT molecular complexity index is 335. The minimum absolute atomic E-state index is 0.185. The Morgan fingerprint density at radius 1 is 1.38 bits per heavy atom. The van der Waals surface area contributed by atoms with Crippen LogP contribution in [-0.2, 0) is 9.53 Å². The first kappa shape index (κ1) is 12.5. The molecule has 1 unspecified atom stereocenters. The largest absolute Gasteiger partial charge is 0.494 e. The first-order valence-electron chi connectivity index (χ1n) is 5.22. The van der Waals surface area contributed by atoms with Crippen LogP contribution < -0.4 is 10.5 Å². The van der Waals surface area contributed by atoms with Gasteiger partial charge in [0.1, 0.15) is 5.75 Å². The summed E-state index contributed by atoms with van der Waals surface area (Å²) in [7, 11) is 1.35. The van der Waals surface area contributed by atoms with Crippen LogP contribution in [0.5, 0.6) is 5.75 Å². The number of carbonyl (C=O) groups excluding carboxylic acids is 1. The van der Waals surface area contributed by atoms with Gasteiger partial charge in [-0.25, -0.2) is 0 Å². The van der Waals surface area contributed by atoms with Gasteiger partial charge < -0.3 is 15.2 Å². The Kier molecular flexibility index (Phi) is 4.79. The first-order chi connectivity index (χ1) is 7.67. The zero-order chi connectivity index (χ0) is 12.0. The molecule has 0 spiro atoms. The number of esters is 1. The minimum Gasteiger partial charge on any atom is -0.494 e. The Labute approximate surface area is 95.3 Å². The standard InChI is InChI=1S/C12H17NO3/c1-3-16-10-6-4-9(5-7-10)11(13)8-12(14)15-2/h4-7,11H,3,8,13H2,1-2H3. The average molecular weight is 223 g/mol. The summed E-state index contributed by atoms with van der Waals surface area (Å²) in [5, 5.41) is 0. The lowest BCUT2D eigenvalue weighted by atomic mass is 10.0. The molecule has 2 N–H and O–H groups in total. The van der Waals surface area contributed by atoms with Crippen molar-refractivity contribution in [2.75, 3.05) is 13.7 Å². The van der Waals surface area contributed by atoms with Crippen molar-refractivity contribution in [2.45, 2.75) is 19.4 Å². The molecule has 0 saturated heterocycles. The summed E-state index contributed by atoms with van der Waals surface area (Å²) in [6.07, 6.45) is 0.185. The van der Waals surface area contributed by atoms with Gasteiger partial charge in [0.25, 0.3) is 0 Å². The third kappa shape index (κ3) is 3.55. The lowest BCUT2D eigenvalue weighted by Crippen LogP contribution is -2.16. The predicted octanol–water partition coefficient (Wildman–Crippen LogP) is 1.65. The van der Waals surface area contributed by atoms with Crippen LogP contribution >= 0.6 is 0 Å². The van der Waals surface area contributed by atoms with E-state index in [0.29, 0.717) is 6.61 Å². The van der Waals surface area contributed by atoms with Gasteiger partial charge in [-0.3, -0.25) is 4.79 Å². The lowest BCUT2D eigenvalue weighted by Gasteiger charge is -2.11. The van der Waals surface area contributed by atoms with E-state index in [1.54, 1.807) is 0 Å². The lowest BCUT2D eigenvalue weighted by molar-refractivity contribution is -0.141. The summed E-state index contributed by atoms with van der Waals surface area (Å²) in [6, 6.07) is 7.08. The molecule has 4 nitrogen and oxygen atoms in total. The normalized spacial score (nSPS) is 11.9. The van der Waals surface area contributed by atoms with Crippen molar-refractivity contribution in [3.63, 3.8) is 0 Å². The Hall–Kier alpha value is -1.55. The number of nitrogens with two attached hydrogens (primary N) is 1. The second kappa shape index (κ2) is 6.12. The molecular weight excluding hydrogens is 206 g/mol.